The largest absolute Gasteiger partial charge is 0.494 e. The molecule has 2 N–H and O–H groups in total. The van der Waals surface area contributed by atoms with Crippen molar-refractivity contribution in [1.82, 2.24) is 20.2 Å². The minimum Gasteiger partial charge on any atom is -0.453 e. The van der Waals surface area contributed by atoms with E-state index in [4.69, 9.17) is 23.8 Å². The van der Waals surface area contributed by atoms with E-state index in [1.165, 1.54) is 7.11 Å². The molecule has 2 aliphatic heterocycles. The lowest BCUT2D eigenvalue weighted by Crippen LogP contribution is -2.44. The number of amides is 1. The van der Waals surface area contributed by atoms with Crippen LogP contribution in [0.3, 0.4) is 0 Å². The van der Waals surface area contributed by atoms with Gasteiger partial charge in [0.2, 0.25) is 0 Å². The maximum atomic E-state index is 12.0. The van der Waals surface area contributed by atoms with Crippen LogP contribution in [-0.4, -0.2) is 72.7 Å². The van der Waals surface area contributed by atoms with Gasteiger partial charge in [0, 0.05) is 25.3 Å². The van der Waals surface area contributed by atoms with E-state index in [1.54, 1.807) is 7.11 Å². The molecule has 3 heterocycles. The van der Waals surface area contributed by atoms with Gasteiger partial charge in [0.05, 0.1) is 48.9 Å². The number of carbonyl (C=O) groups excluding carboxylic acids is 1. The quantitative estimate of drug-likeness (QED) is 0.460. The molecule has 1 aromatic carbocycles. The van der Waals surface area contributed by atoms with Crippen LogP contribution in [0.5, 0.6) is 0 Å². The van der Waals surface area contributed by atoms with E-state index in [1.807, 2.05) is 18.3 Å². The van der Waals surface area contributed by atoms with Gasteiger partial charge < -0.3 is 34.0 Å². The van der Waals surface area contributed by atoms with E-state index in [-0.39, 0.29) is 29.2 Å². The van der Waals surface area contributed by atoms with Crippen LogP contribution in [0.2, 0.25) is 0 Å². The molecule has 1 aromatic heterocycles. The van der Waals surface area contributed by atoms with Crippen molar-refractivity contribution in [3.8, 4) is 11.3 Å². The van der Waals surface area contributed by atoms with Crippen molar-refractivity contribution in [3.05, 3.63) is 48.6 Å². The number of nitrogens with one attached hydrogen (secondary N) is 2. The Morgan fingerprint density at radius 2 is 1.85 bits per heavy atom. The number of ether oxygens (including phenoxy) is 2. The number of hydrogen-bond acceptors (Lipinski definition) is 7. The first kappa shape index (κ1) is 29.2. The molecule has 0 unspecified atom stereocenters. The summed E-state index contributed by atoms with van der Waals surface area (Å²) >= 11 is 0. The molecule has 2 fully saturated rings. The van der Waals surface area contributed by atoms with Crippen molar-refractivity contribution in [3.63, 3.8) is 0 Å². The lowest BCUT2D eigenvalue weighted by atomic mass is 9.79. The number of rotatable bonds is 9. The molecule has 9 nitrogen and oxygen atoms in total. The van der Waals surface area contributed by atoms with Gasteiger partial charge >= 0.3 is 13.2 Å². The van der Waals surface area contributed by atoms with Crippen LogP contribution in [-0.2, 0) is 18.8 Å². The lowest BCUT2D eigenvalue weighted by Gasteiger charge is -2.34. The maximum Gasteiger partial charge on any atom is 0.494 e. The number of carbonyl (C=O) groups is 1. The zero-order valence-corrected chi connectivity index (χ0v) is 24.5. The summed E-state index contributed by atoms with van der Waals surface area (Å²) in [7, 11) is 2.69. The number of H-pyrrole nitrogens is 1. The zero-order chi connectivity index (χ0) is 28.5. The molecule has 3 atom stereocenters. The minimum atomic E-state index is -0.469. The molecule has 1 amide bonds. The summed E-state index contributed by atoms with van der Waals surface area (Å²) in [6.45, 7) is 18.1. The predicted octanol–water partition coefficient (Wildman–Crippen LogP) is 4.28. The number of imidazole rings is 1. The highest BCUT2D eigenvalue weighted by Crippen LogP contribution is 2.39. The SMILES string of the molecule is C=C([C@@H](NC(=O)OC)C(C)C)N1C[C@@H](COC)C[C@H]1c1ncc(-c2ccc(B3OC(C)(C)C(C)(C)O3)cc2)[nH]1. The number of benzene rings is 1. The summed E-state index contributed by atoms with van der Waals surface area (Å²) in [5, 5.41) is 2.95. The molecule has 10 heteroatoms. The van der Waals surface area contributed by atoms with E-state index < -0.39 is 13.2 Å². The van der Waals surface area contributed by atoms with Crippen molar-refractivity contribution >= 4 is 18.7 Å². The number of likely N-dealkylation sites (tertiary alicyclic amines) is 1. The van der Waals surface area contributed by atoms with Crippen molar-refractivity contribution in [2.45, 2.75) is 71.2 Å². The second-order valence-electron chi connectivity index (χ2n) is 12.0. The third-order valence-corrected chi connectivity index (χ3v) is 8.30. The van der Waals surface area contributed by atoms with Crippen molar-refractivity contribution in [2.24, 2.45) is 11.8 Å². The molecule has 39 heavy (non-hydrogen) atoms. The van der Waals surface area contributed by atoms with Crippen molar-refractivity contribution in [1.29, 1.82) is 0 Å². The minimum absolute atomic E-state index is 0.0175. The van der Waals surface area contributed by atoms with Gasteiger partial charge in [0.15, 0.2) is 0 Å². The smallest absolute Gasteiger partial charge is 0.453 e. The second-order valence-corrected chi connectivity index (χ2v) is 12.0. The number of aromatic nitrogens is 2. The fraction of sp³-hybridized carbons (Fsp3) is 0.586. The first-order chi connectivity index (χ1) is 18.4. The van der Waals surface area contributed by atoms with Crippen LogP contribution in [0, 0.1) is 11.8 Å². The van der Waals surface area contributed by atoms with Crippen molar-refractivity contribution in [2.75, 3.05) is 27.4 Å². The van der Waals surface area contributed by atoms with Crippen LogP contribution < -0.4 is 10.8 Å². The molecular formula is C29H43BN4O5. The molecule has 2 aliphatic rings. The standard InChI is InChI=1S/C29H43BN4O5/c1-18(2)25(33-27(35)37-9)19(3)34-16-20(17-36-8)14-24(34)26-31-15-23(32-26)21-10-12-22(13-11-21)30-38-28(4,5)29(6,7)39-30/h10-13,15,18,20,24-25H,3,14,16-17H2,1-2,4-9H3,(H,31,32)(H,33,35)/t20-,24-,25-/m0/s1. The molecule has 0 saturated carbocycles. The van der Waals surface area contributed by atoms with Gasteiger partial charge in [-0.2, -0.15) is 0 Å². The Hall–Kier alpha value is -2.82. The van der Waals surface area contributed by atoms with Crippen LogP contribution in [0.1, 0.15) is 59.8 Å². The first-order valence-electron chi connectivity index (χ1n) is 13.7. The molecule has 0 aliphatic carbocycles. The Morgan fingerprint density at radius 1 is 1.21 bits per heavy atom. The normalized spacial score (nSPS) is 22.8. The third-order valence-electron chi connectivity index (χ3n) is 8.30. The molecule has 0 bridgehead atoms. The van der Waals surface area contributed by atoms with Crippen LogP contribution in [0.25, 0.3) is 11.3 Å². The topological polar surface area (TPSA) is 97.9 Å². The van der Waals surface area contributed by atoms with Gasteiger partial charge in [-0.05, 0) is 51.1 Å². The number of alkyl carbamates (subject to hydrolysis) is 1. The molecule has 2 saturated heterocycles. The lowest BCUT2D eigenvalue weighted by molar-refractivity contribution is 0.00578. The fourth-order valence-corrected chi connectivity index (χ4v) is 5.31. The summed E-state index contributed by atoms with van der Waals surface area (Å²) in [6.07, 6.45) is 2.27. The number of nitrogens with zero attached hydrogens (tertiary/aromatic N) is 2. The summed E-state index contributed by atoms with van der Waals surface area (Å²) in [5.41, 5.74) is 3.01. The van der Waals surface area contributed by atoms with E-state index in [2.05, 4.69) is 75.5 Å². The van der Waals surface area contributed by atoms with Crippen molar-refractivity contribution < 1.29 is 23.6 Å². The Labute approximate surface area is 232 Å². The molecule has 0 spiro atoms. The molecule has 212 valence electrons. The molecule has 4 rings (SSSR count). The summed E-state index contributed by atoms with van der Waals surface area (Å²) in [4.78, 5) is 22.6. The van der Waals surface area contributed by atoms with Crippen LogP contribution >= 0.6 is 0 Å². The highest BCUT2D eigenvalue weighted by Gasteiger charge is 2.51. The third kappa shape index (κ3) is 6.03. The van der Waals surface area contributed by atoms with Gasteiger partial charge in [0.25, 0.3) is 0 Å². The van der Waals surface area contributed by atoms with E-state index in [0.717, 1.165) is 41.2 Å². The van der Waals surface area contributed by atoms with E-state index in [0.29, 0.717) is 12.5 Å². The number of hydrogen-bond donors (Lipinski definition) is 2. The first-order valence-corrected chi connectivity index (χ1v) is 13.7. The monoisotopic (exact) mass is 538 g/mol. The van der Waals surface area contributed by atoms with Crippen LogP contribution in [0.4, 0.5) is 4.79 Å². The number of methoxy groups -OCH3 is 2. The average molecular weight is 538 g/mol. The molecular weight excluding hydrogens is 495 g/mol. The maximum absolute atomic E-state index is 12.0. The van der Waals surface area contributed by atoms with Gasteiger partial charge in [0.1, 0.15) is 5.82 Å². The Morgan fingerprint density at radius 3 is 2.41 bits per heavy atom. The van der Waals surface area contributed by atoms with Gasteiger partial charge in [-0.3, -0.25) is 0 Å². The highest BCUT2D eigenvalue weighted by molar-refractivity contribution is 6.62. The predicted molar refractivity (Wildman–Crippen MR) is 152 cm³/mol. The van der Waals surface area contributed by atoms with E-state index >= 15 is 0 Å². The zero-order valence-electron chi connectivity index (χ0n) is 24.5. The highest BCUT2D eigenvalue weighted by atomic mass is 16.7. The Balaban J connectivity index is 1.54. The average Bonchev–Trinajstić information content (AvgIpc) is 3.58. The summed E-state index contributed by atoms with van der Waals surface area (Å²) in [6, 6.07) is 7.93. The van der Waals surface area contributed by atoms with Gasteiger partial charge in [-0.25, -0.2) is 9.78 Å². The molecule has 0 radical (unpaired) electrons. The summed E-state index contributed by atoms with van der Waals surface area (Å²) in [5.74, 6) is 1.31. The van der Waals surface area contributed by atoms with E-state index in [9.17, 15) is 4.79 Å². The number of aromatic amines is 1. The van der Waals surface area contributed by atoms with Gasteiger partial charge in [-0.15, -0.1) is 0 Å². The van der Waals surface area contributed by atoms with Gasteiger partial charge in [-0.1, -0.05) is 44.7 Å². The molecule has 2 aromatic rings. The Bertz CT molecular complexity index is 1150. The van der Waals surface area contributed by atoms with Crippen LogP contribution in [0.15, 0.2) is 42.7 Å². The summed E-state index contributed by atoms with van der Waals surface area (Å²) < 4.78 is 22.7. The fourth-order valence-electron chi connectivity index (χ4n) is 5.31. The Kier molecular flexibility index (Phi) is 8.49. The second kappa shape index (κ2) is 11.4.